The molecule has 3 rings (SSSR count). The normalized spacial score (nSPS) is 22.2. The number of likely N-dealkylation sites (tertiary alicyclic amines) is 1. The number of aromatic hydroxyl groups is 1. The Labute approximate surface area is 137 Å². The van der Waals surface area contributed by atoms with E-state index in [0.29, 0.717) is 38.1 Å². The van der Waals surface area contributed by atoms with Crippen LogP contribution in [0.3, 0.4) is 0 Å². The second-order valence-electron chi connectivity index (χ2n) is 6.43. The van der Waals surface area contributed by atoms with Crippen LogP contribution in [0.15, 0.2) is 24.3 Å². The number of nitrogens with zero attached hydrogens (tertiary/aromatic N) is 2. The number of aryl methyl sites for hydroxylation is 1. The fraction of sp³-hybridized carbons (Fsp3) is 0.611. The van der Waals surface area contributed by atoms with Gasteiger partial charge >= 0.3 is 6.03 Å². The topological polar surface area (TPSA) is 53.0 Å². The Morgan fingerprint density at radius 2 is 2.04 bits per heavy atom. The van der Waals surface area contributed by atoms with Crippen LogP contribution in [-0.2, 0) is 11.2 Å². The van der Waals surface area contributed by atoms with E-state index in [9.17, 15) is 9.90 Å². The summed E-state index contributed by atoms with van der Waals surface area (Å²) in [6.07, 6.45) is 5.22. The molecule has 0 saturated carbocycles. The number of urea groups is 1. The maximum absolute atomic E-state index is 12.8. The van der Waals surface area contributed by atoms with Crippen LogP contribution in [0.5, 0.6) is 5.75 Å². The van der Waals surface area contributed by atoms with Crippen LogP contribution >= 0.6 is 0 Å². The molecule has 2 aliphatic heterocycles. The lowest BCUT2D eigenvalue weighted by molar-refractivity contribution is 0.0350. The third kappa shape index (κ3) is 4.16. The van der Waals surface area contributed by atoms with Gasteiger partial charge in [-0.15, -0.1) is 0 Å². The molecule has 2 fully saturated rings. The zero-order valence-electron chi connectivity index (χ0n) is 13.6. The summed E-state index contributed by atoms with van der Waals surface area (Å²) in [5.74, 6) is 0.312. The number of benzene rings is 1. The average molecular weight is 318 g/mol. The van der Waals surface area contributed by atoms with Crippen molar-refractivity contribution in [3.63, 3.8) is 0 Å². The van der Waals surface area contributed by atoms with Crippen LogP contribution in [0, 0.1) is 0 Å². The van der Waals surface area contributed by atoms with Crippen LogP contribution in [0.4, 0.5) is 4.79 Å². The molecule has 2 amide bonds. The molecule has 1 unspecified atom stereocenters. The van der Waals surface area contributed by atoms with E-state index >= 15 is 0 Å². The van der Waals surface area contributed by atoms with E-state index < -0.39 is 0 Å². The van der Waals surface area contributed by atoms with Gasteiger partial charge in [0.1, 0.15) is 5.75 Å². The second-order valence-corrected chi connectivity index (χ2v) is 6.43. The molecule has 2 aliphatic rings. The molecule has 23 heavy (non-hydrogen) atoms. The Morgan fingerprint density at radius 1 is 1.22 bits per heavy atom. The number of carbonyl (C=O) groups excluding carboxylic acids is 1. The molecule has 0 radical (unpaired) electrons. The molecule has 126 valence electrons. The first-order valence-electron chi connectivity index (χ1n) is 8.65. The number of phenols is 1. The minimum absolute atomic E-state index is 0.175. The number of amides is 2. The van der Waals surface area contributed by atoms with Gasteiger partial charge in [-0.25, -0.2) is 4.79 Å². The highest BCUT2D eigenvalue weighted by molar-refractivity contribution is 5.75. The highest BCUT2D eigenvalue weighted by Gasteiger charge is 2.30. The highest BCUT2D eigenvalue weighted by atomic mass is 16.5. The van der Waals surface area contributed by atoms with Crippen molar-refractivity contribution in [3.8, 4) is 5.75 Å². The van der Waals surface area contributed by atoms with E-state index in [0.717, 1.165) is 37.8 Å². The van der Waals surface area contributed by atoms with Crippen molar-refractivity contribution in [1.82, 2.24) is 9.80 Å². The molecule has 5 heteroatoms. The average Bonchev–Trinajstić information content (AvgIpc) is 2.60. The van der Waals surface area contributed by atoms with E-state index in [2.05, 4.69) is 4.90 Å². The monoisotopic (exact) mass is 318 g/mol. The minimum Gasteiger partial charge on any atom is -0.508 e. The standard InChI is InChI=1S/C18H26N2O3/c21-17-6-3-4-15(14-17)7-8-16-5-1-2-9-20(16)18(22)19-10-12-23-13-11-19/h3-4,6,14,16,21H,1-2,5,7-13H2. The third-order valence-corrected chi connectivity index (χ3v) is 4.83. The van der Waals surface area contributed by atoms with Crippen LogP contribution in [0.25, 0.3) is 0 Å². The number of phenolic OH excluding ortho intramolecular Hbond substituents is 1. The molecule has 1 aromatic rings. The van der Waals surface area contributed by atoms with Crippen molar-refractivity contribution in [2.24, 2.45) is 0 Å². The van der Waals surface area contributed by atoms with Gasteiger partial charge in [-0.1, -0.05) is 12.1 Å². The van der Waals surface area contributed by atoms with Gasteiger partial charge in [0, 0.05) is 25.7 Å². The largest absolute Gasteiger partial charge is 0.508 e. The second kappa shape index (κ2) is 7.68. The first-order valence-corrected chi connectivity index (χ1v) is 8.65. The molecule has 5 nitrogen and oxygen atoms in total. The maximum Gasteiger partial charge on any atom is 0.320 e. The summed E-state index contributed by atoms with van der Waals surface area (Å²) in [5, 5.41) is 9.58. The number of rotatable bonds is 3. The van der Waals surface area contributed by atoms with Crippen LogP contribution in [0.1, 0.15) is 31.2 Å². The van der Waals surface area contributed by atoms with E-state index in [-0.39, 0.29) is 6.03 Å². The molecule has 1 atom stereocenters. The predicted molar refractivity (Wildman–Crippen MR) is 88.6 cm³/mol. The fourth-order valence-electron chi connectivity index (χ4n) is 3.53. The van der Waals surface area contributed by atoms with Crippen LogP contribution in [0.2, 0.25) is 0 Å². The Balaban J connectivity index is 1.60. The number of piperidine rings is 1. The summed E-state index contributed by atoms with van der Waals surface area (Å²) in [6, 6.07) is 7.91. The minimum atomic E-state index is 0.175. The van der Waals surface area contributed by atoms with Gasteiger partial charge in [-0.2, -0.15) is 0 Å². The van der Waals surface area contributed by atoms with Gasteiger partial charge in [0.25, 0.3) is 0 Å². The quantitative estimate of drug-likeness (QED) is 0.932. The first-order chi connectivity index (χ1) is 11.2. The molecule has 0 bridgehead atoms. The zero-order valence-corrected chi connectivity index (χ0v) is 13.6. The third-order valence-electron chi connectivity index (χ3n) is 4.83. The highest BCUT2D eigenvalue weighted by Crippen LogP contribution is 2.24. The molecule has 0 aromatic heterocycles. The number of hydrogen-bond donors (Lipinski definition) is 1. The molecule has 0 aliphatic carbocycles. The van der Waals surface area contributed by atoms with Gasteiger partial charge in [0.05, 0.1) is 13.2 Å². The molecule has 1 aromatic carbocycles. The molecular weight excluding hydrogens is 292 g/mol. The first kappa shape index (κ1) is 16.1. The smallest absolute Gasteiger partial charge is 0.320 e. The molecular formula is C18H26N2O3. The van der Waals surface area contributed by atoms with Gasteiger partial charge in [-0.05, 0) is 49.8 Å². The number of carbonyl (C=O) groups is 1. The van der Waals surface area contributed by atoms with E-state index in [4.69, 9.17) is 4.74 Å². The lowest BCUT2D eigenvalue weighted by Crippen LogP contribution is -2.53. The summed E-state index contributed by atoms with van der Waals surface area (Å²) in [5.41, 5.74) is 1.13. The van der Waals surface area contributed by atoms with E-state index in [1.165, 1.54) is 6.42 Å². The SMILES string of the molecule is O=C(N1CCOCC1)N1CCCCC1CCc1cccc(O)c1. The molecule has 1 N–H and O–H groups in total. The molecule has 0 spiro atoms. The Bertz CT molecular complexity index is 529. The van der Waals surface area contributed by atoms with Gasteiger partial charge in [-0.3, -0.25) is 0 Å². The van der Waals surface area contributed by atoms with Gasteiger partial charge in [0.15, 0.2) is 0 Å². The van der Waals surface area contributed by atoms with Crippen molar-refractivity contribution < 1.29 is 14.6 Å². The van der Waals surface area contributed by atoms with E-state index in [1.54, 1.807) is 6.07 Å². The summed E-state index contributed by atoms with van der Waals surface area (Å²) in [7, 11) is 0. The summed E-state index contributed by atoms with van der Waals surface area (Å²) in [6.45, 7) is 3.56. The van der Waals surface area contributed by atoms with Gasteiger partial charge in [0.2, 0.25) is 0 Å². The summed E-state index contributed by atoms with van der Waals surface area (Å²) >= 11 is 0. The van der Waals surface area contributed by atoms with E-state index in [1.807, 2.05) is 23.1 Å². The molecule has 2 heterocycles. The summed E-state index contributed by atoms with van der Waals surface area (Å²) < 4.78 is 5.34. The van der Waals surface area contributed by atoms with Crippen LogP contribution in [-0.4, -0.2) is 59.8 Å². The Hall–Kier alpha value is -1.75. The lowest BCUT2D eigenvalue weighted by Gasteiger charge is -2.40. The predicted octanol–water partition coefficient (Wildman–Crippen LogP) is 2.63. The molecule has 2 saturated heterocycles. The number of hydrogen-bond acceptors (Lipinski definition) is 3. The Kier molecular flexibility index (Phi) is 5.39. The summed E-state index contributed by atoms with van der Waals surface area (Å²) in [4.78, 5) is 16.8. The number of ether oxygens (including phenoxy) is 1. The Morgan fingerprint density at radius 3 is 2.83 bits per heavy atom. The van der Waals surface area contributed by atoms with Crippen molar-refractivity contribution in [3.05, 3.63) is 29.8 Å². The van der Waals surface area contributed by atoms with Crippen molar-refractivity contribution in [2.45, 2.75) is 38.1 Å². The zero-order chi connectivity index (χ0) is 16.1. The lowest BCUT2D eigenvalue weighted by atomic mass is 9.96. The van der Waals surface area contributed by atoms with Crippen molar-refractivity contribution >= 4 is 6.03 Å². The van der Waals surface area contributed by atoms with Gasteiger partial charge < -0.3 is 19.6 Å². The number of morpholine rings is 1. The van der Waals surface area contributed by atoms with Crippen molar-refractivity contribution in [1.29, 1.82) is 0 Å². The van der Waals surface area contributed by atoms with Crippen LogP contribution < -0.4 is 0 Å². The maximum atomic E-state index is 12.8. The fourth-order valence-corrected chi connectivity index (χ4v) is 3.53. The van der Waals surface area contributed by atoms with Crippen molar-refractivity contribution in [2.75, 3.05) is 32.8 Å².